The summed E-state index contributed by atoms with van der Waals surface area (Å²) in [6.07, 6.45) is 6.19. The lowest BCUT2D eigenvalue weighted by Crippen LogP contribution is -2.33. The second kappa shape index (κ2) is 8.34. The smallest absolute Gasteiger partial charge is 0.188 e. The molecule has 17 heavy (non-hydrogen) atoms. The number of nitrogens with zero attached hydrogens (tertiary/aromatic N) is 1. The number of hydrogen-bond donors (Lipinski definition) is 2. The van der Waals surface area contributed by atoms with Crippen molar-refractivity contribution in [1.29, 1.82) is 0 Å². The number of ether oxygens (including phenoxy) is 1. The molecule has 1 aliphatic rings. The van der Waals surface area contributed by atoms with Gasteiger partial charge in [0.05, 0.1) is 6.10 Å². The Morgan fingerprint density at radius 2 is 2.29 bits per heavy atom. The van der Waals surface area contributed by atoms with Crippen molar-refractivity contribution in [3.63, 3.8) is 0 Å². The Bertz CT molecular complexity index is 223. The summed E-state index contributed by atoms with van der Waals surface area (Å²) in [6, 6.07) is 0. The van der Waals surface area contributed by atoms with Crippen molar-refractivity contribution in [2.75, 3.05) is 19.7 Å². The van der Waals surface area contributed by atoms with Crippen molar-refractivity contribution in [3.8, 4) is 0 Å². The molecule has 1 saturated heterocycles. The Labute approximate surface area is 105 Å². The number of nitrogens with one attached hydrogen (secondary N) is 1. The molecule has 0 amide bonds. The van der Waals surface area contributed by atoms with Crippen LogP contribution in [0.3, 0.4) is 0 Å². The molecule has 0 radical (unpaired) electrons. The van der Waals surface area contributed by atoms with Gasteiger partial charge in [0, 0.05) is 19.7 Å². The topological polar surface area (TPSA) is 59.6 Å². The van der Waals surface area contributed by atoms with E-state index in [1.165, 1.54) is 19.3 Å². The fourth-order valence-electron chi connectivity index (χ4n) is 1.91. The second-order valence-electron chi connectivity index (χ2n) is 5.15. The van der Waals surface area contributed by atoms with Gasteiger partial charge in [0.15, 0.2) is 5.96 Å². The number of nitrogens with two attached hydrogens (primary N) is 1. The van der Waals surface area contributed by atoms with Crippen molar-refractivity contribution < 1.29 is 4.74 Å². The molecule has 4 heteroatoms. The number of hydrogen-bond acceptors (Lipinski definition) is 2. The van der Waals surface area contributed by atoms with Crippen LogP contribution in [0.5, 0.6) is 0 Å². The molecule has 1 rings (SSSR count). The summed E-state index contributed by atoms with van der Waals surface area (Å²) in [5, 5.41) is 3.14. The zero-order valence-corrected chi connectivity index (χ0v) is 11.2. The summed E-state index contributed by atoms with van der Waals surface area (Å²) in [7, 11) is 0. The first-order chi connectivity index (χ1) is 8.18. The first kappa shape index (κ1) is 14.3. The van der Waals surface area contributed by atoms with Gasteiger partial charge < -0.3 is 15.8 Å². The summed E-state index contributed by atoms with van der Waals surface area (Å²) in [6.45, 7) is 7.00. The van der Waals surface area contributed by atoms with E-state index in [1.807, 2.05) is 0 Å². The fraction of sp³-hybridized carbons (Fsp3) is 0.923. The third-order valence-electron chi connectivity index (χ3n) is 3.04. The van der Waals surface area contributed by atoms with E-state index in [4.69, 9.17) is 10.5 Å². The predicted octanol–water partition coefficient (Wildman–Crippen LogP) is 1.90. The molecular weight excluding hydrogens is 214 g/mol. The molecule has 0 aromatic heterocycles. The summed E-state index contributed by atoms with van der Waals surface area (Å²) in [5.41, 5.74) is 5.77. The van der Waals surface area contributed by atoms with E-state index >= 15 is 0 Å². The predicted molar refractivity (Wildman–Crippen MR) is 72.2 cm³/mol. The van der Waals surface area contributed by atoms with E-state index in [-0.39, 0.29) is 0 Å². The maximum absolute atomic E-state index is 5.77. The highest BCUT2D eigenvalue weighted by Gasteiger charge is 2.12. The Morgan fingerprint density at radius 3 is 2.94 bits per heavy atom. The summed E-state index contributed by atoms with van der Waals surface area (Å²) in [5.74, 6) is 1.27. The average molecular weight is 241 g/mol. The van der Waals surface area contributed by atoms with E-state index in [1.54, 1.807) is 0 Å². The number of guanidine groups is 1. The fourth-order valence-corrected chi connectivity index (χ4v) is 1.91. The average Bonchev–Trinajstić information content (AvgIpc) is 2.30. The van der Waals surface area contributed by atoms with Crippen LogP contribution < -0.4 is 11.1 Å². The third-order valence-corrected chi connectivity index (χ3v) is 3.04. The monoisotopic (exact) mass is 241 g/mol. The molecule has 0 aliphatic carbocycles. The molecule has 1 unspecified atom stereocenters. The lowest BCUT2D eigenvalue weighted by atomic mass is 10.1. The van der Waals surface area contributed by atoms with E-state index in [0.29, 0.717) is 18.0 Å². The van der Waals surface area contributed by atoms with Gasteiger partial charge in [-0.25, -0.2) is 0 Å². The summed E-state index contributed by atoms with van der Waals surface area (Å²) < 4.78 is 5.64. The first-order valence-electron chi connectivity index (χ1n) is 6.84. The van der Waals surface area contributed by atoms with Crippen LogP contribution in [0.1, 0.15) is 46.0 Å². The second-order valence-corrected chi connectivity index (χ2v) is 5.15. The molecule has 1 heterocycles. The van der Waals surface area contributed by atoms with Crippen LogP contribution in [-0.4, -0.2) is 31.8 Å². The SMILES string of the molecule is CC(C)CCNC(N)=NCCC1CCCCO1. The molecular formula is C13H27N3O. The molecule has 0 spiro atoms. The van der Waals surface area contributed by atoms with Gasteiger partial charge in [0.2, 0.25) is 0 Å². The van der Waals surface area contributed by atoms with Gasteiger partial charge in [-0.1, -0.05) is 13.8 Å². The van der Waals surface area contributed by atoms with E-state index in [2.05, 4.69) is 24.2 Å². The number of rotatable bonds is 6. The lowest BCUT2D eigenvalue weighted by Gasteiger charge is -2.21. The van der Waals surface area contributed by atoms with Crippen LogP contribution in [0.15, 0.2) is 4.99 Å². The molecule has 1 fully saturated rings. The Balaban J connectivity index is 2.05. The normalized spacial score (nSPS) is 21.8. The van der Waals surface area contributed by atoms with Gasteiger partial charge in [-0.2, -0.15) is 0 Å². The minimum Gasteiger partial charge on any atom is -0.378 e. The van der Waals surface area contributed by atoms with Crippen molar-refractivity contribution in [2.45, 2.75) is 52.1 Å². The molecule has 0 bridgehead atoms. The van der Waals surface area contributed by atoms with E-state index in [9.17, 15) is 0 Å². The minimum absolute atomic E-state index is 0.399. The highest BCUT2D eigenvalue weighted by Crippen LogP contribution is 2.15. The largest absolute Gasteiger partial charge is 0.378 e. The maximum Gasteiger partial charge on any atom is 0.188 e. The lowest BCUT2D eigenvalue weighted by molar-refractivity contribution is 0.0129. The molecule has 100 valence electrons. The quantitative estimate of drug-likeness (QED) is 0.551. The van der Waals surface area contributed by atoms with Gasteiger partial charge in [-0.3, -0.25) is 4.99 Å². The van der Waals surface area contributed by atoms with Crippen molar-refractivity contribution in [2.24, 2.45) is 16.6 Å². The minimum atomic E-state index is 0.399. The Kier molecular flexibility index (Phi) is 7.01. The van der Waals surface area contributed by atoms with Crippen molar-refractivity contribution in [1.82, 2.24) is 5.32 Å². The van der Waals surface area contributed by atoms with E-state index in [0.717, 1.165) is 32.5 Å². The molecule has 0 aromatic carbocycles. The number of aliphatic imine (C=N–C) groups is 1. The Hall–Kier alpha value is -0.770. The summed E-state index contributed by atoms with van der Waals surface area (Å²) >= 11 is 0. The van der Waals surface area contributed by atoms with Crippen molar-refractivity contribution in [3.05, 3.63) is 0 Å². The van der Waals surface area contributed by atoms with Crippen LogP contribution in [0.2, 0.25) is 0 Å². The Morgan fingerprint density at radius 1 is 1.47 bits per heavy atom. The molecule has 3 N–H and O–H groups in total. The van der Waals surface area contributed by atoms with Crippen LogP contribution in [-0.2, 0) is 4.74 Å². The summed E-state index contributed by atoms with van der Waals surface area (Å²) in [4.78, 5) is 4.32. The first-order valence-corrected chi connectivity index (χ1v) is 6.84. The van der Waals surface area contributed by atoms with Gasteiger partial charge in [-0.15, -0.1) is 0 Å². The van der Waals surface area contributed by atoms with Crippen LogP contribution in [0, 0.1) is 5.92 Å². The molecule has 1 atom stereocenters. The zero-order valence-electron chi connectivity index (χ0n) is 11.2. The third kappa shape index (κ3) is 7.21. The highest BCUT2D eigenvalue weighted by atomic mass is 16.5. The highest BCUT2D eigenvalue weighted by molar-refractivity contribution is 5.77. The van der Waals surface area contributed by atoms with E-state index < -0.39 is 0 Å². The van der Waals surface area contributed by atoms with Crippen molar-refractivity contribution >= 4 is 5.96 Å². The van der Waals surface area contributed by atoms with Crippen LogP contribution in [0.25, 0.3) is 0 Å². The molecule has 0 saturated carbocycles. The van der Waals surface area contributed by atoms with Crippen LogP contribution >= 0.6 is 0 Å². The molecule has 1 aliphatic heterocycles. The van der Waals surface area contributed by atoms with Crippen LogP contribution in [0.4, 0.5) is 0 Å². The zero-order chi connectivity index (χ0) is 12.5. The van der Waals surface area contributed by atoms with Gasteiger partial charge in [-0.05, 0) is 38.0 Å². The van der Waals surface area contributed by atoms with Gasteiger partial charge >= 0.3 is 0 Å². The van der Waals surface area contributed by atoms with Gasteiger partial charge in [0.1, 0.15) is 0 Å². The standard InChI is InChI=1S/C13H27N3O/c1-11(2)6-8-15-13(14)16-9-7-12-5-3-4-10-17-12/h11-12H,3-10H2,1-2H3,(H3,14,15,16). The van der Waals surface area contributed by atoms with Gasteiger partial charge in [0.25, 0.3) is 0 Å². The molecule has 0 aromatic rings. The molecule has 4 nitrogen and oxygen atoms in total. The maximum atomic E-state index is 5.77.